The van der Waals surface area contributed by atoms with Crippen molar-refractivity contribution in [1.29, 1.82) is 0 Å². The third-order valence-corrected chi connectivity index (χ3v) is 11.4. The van der Waals surface area contributed by atoms with Crippen LogP contribution in [0, 0.1) is 13.8 Å². The van der Waals surface area contributed by atoms with Crippen LogP contribution in [0.5, 0.6) is 0 Å². The van der Waals surface area contributed by atoms with Crippen LogP contribution in [0.4, 0.5) is 45.5 Å². The van der Waals surface area contributed by atoms with Gasteiger partial charge in [-0.1, -0.05) is 72.8 Å². The maximum absolute atomic E-state index is 3.70. The van der Waals surface area contributed by atoms with Crippen LogP contribution < -0.4 is 21.3 Å². The normalized spacial score (nSPS) is 11.0. The van der Waals surface area contributed by atoms with Crippen molar-refractivity contribution < 1.29 is 5.32 Å². The molecule has 0 bridgehead atoms. The molecule has 4 N–H and O–H groups in total. The predicted octanol–water partition coefficient (Wildman–Crippen LogP) is 13.0. The summed E-state index contributed by atoms with van der Waals surface area (Å²) in [5.74, 6) is 0. The number of rotatable bonds is 11. The number of aryl methyl sites for hydroxylation is 2. The molecule has 8 aromatic rings. The first-order valence-electron chi connectivity index (χ1n) is 17.3. The topological polar surface area (TPSA) is 51.7 Å². The number of hydrogen-bond acceptors (Lipinski definition) is 6. The van der Waals surface area contributed by atoms with Gasteiger partial charge in [-0.2, -0.15) is 0 Å². The largest absolute Gasteiger partial charge is 0.355 e. The van der Waals surface area contributed by atoms with Gasteiger partial charge in [0.15, 0.2) is 11.4 Å². The number of nitrogens with one attached hydrogen (secondary N) is 4. The average molecular weight is 711 g/mol. The van der Waals surface area contributed by atoms with Gasteiger partial charge in [-0.25, -0.2) is 0 Å². The van der Waals surface area contributed by atoms with Gasteiger partial charge in [0, 0.05) is 77.4 Å². The van der Waals surface area contributed by atoms with Crippen LogP contribution in [-0.4, -0.2) is 0 Å². The molecule has 8 rings (SSSR count). The highest BCUT2D eigenvalue weighted by Gasteiger charge is 2.20. The van der Waals surface area contributed by atoms with Crippen molar-refractivity contribution >= 4 is 68.2 Å². The van der Waals surface area contributed by atoms with Crippen molar-refractivity contribution in [3.63, 3.8) is 0 Å². The Bertz CT molecular complexity index is 2250. The van der Waals surface area contributed by atoms with Crippen LogP contribution in [0.3, 0.4) is 0 Å². The van der Waals surface area contributed by atoms with E-state index in [1.165, 1.54) is 30.6 Å². The summed E-state index contributed by atoms with van der Waals surface area (Å²) < 4.78 is 0. The molecule has 0 amide bonds. The van der Waals surface area contributed by atoms with Crippen LogP contribution in [-0.2, 0) is 0 Å². The Morgan fingerprint density at radius 1 is 0.385 bits per heavy atom. The van der Waals surface area contributed by atoms with Gasteiger partial charge in [-0.15, -0.1) is 28.0 Å². The Kier molecular flexibility index (Phi) is 9.67. The molecule has 0 saturated heterocycles. The van der Waals surface area contributed by atoms with E-state index in [1.54, 1.807) is 0 Å². The summed E-state index contributed by atoms with van der Waals surface area (Å²) in [5.41, 5.74) is 13.3. The maximum Gasteiger partial charge on any atom is 0.193 e. The first-order chi connectivity index (χ1) is 25.6. The van der Waals surface area contributed by atoms with Crippen molar-refractivity contribution in [2.45, 2.75) is 13.8 Å². The fourth-order valence-electron chi connectivity index (χ4n) is 6.24. The van der Waals surface area contributed by atoms with E-state index in [0.29, 0.717) is 0 Å². The highest BCUT2D eigenvalue weighted by Crippen LogP contribution is 2.45. The number of hydrogen-bond donors (Lipinski definition) is 4. The molecule has 52 heavy (non-hydrogen) atoms. The van der Waals surface area contributed by atoms with E-state index >= 15 is 0 Å². The minimum absolute atomic E-state index is 1.06. The smallest absolute Gasteiger partial charge is 0.193 e. The molecular formula is C46H38N4S2+. The summed E-state index contributed by atoms with van der Waals surface area (Å²) in [6.45, 7) is 4.32. The SMILES string of the molecule is Cc1cc(Nc2ccccc2)c(-c2ccc(-c3ccc(-c4cc(Nc5ccccc5)c(C)cc4[NH+]c4ccccc4)s3)s2)cc1Nc1ccccc1. The fourth-order valence-corrected chi connectivity index (χ4v) is 8.40. The molecule has 2 aromatic heterocycles. The summed E-state index contributed by atoms with van der Waals surface area (Å²) in [6.07, 6.45) is 0. The second-order valence-corrected chi connectivity index (χ2v) is 14.9. The predicted molar refractivity (Wildman–Crippen MR) is 224 cm³/mol. The molecule has 0 atom stereocenters. The summed E-state index contributed by atoms with van der Waals surface area (Å²) >= 11 is 3.64. The van der Waals surface area contributed by atoms with Crippen LogP contribution in [0.15, 0.2) is 170 Å². The van der Waals surface area contributed by atoms with E-state index in [-0.39, 0.29) is 0 Å². The van der Waals surface area contributed by atoms with E-state index in [1.807, 2.05) is 46.9 Å². The highest BCUT2D eigenvalue weighted by molar-refractivity contribution is 7.25. The van der Waals surface area contributed by atoms with Crippen LogP contribution >= 0.6 is 22.7 Å². The minimum atomic E-state index is 1.06. The summed E-state index contributed by atoms with van der Waals surface area (Å²) in [5, 5.41) is 14.7. The van der Waals surface area contributed by atoms with E-state index in [9.17, 15) is 0 Å². The van der Waals surface area contributed by atoms with Crippen molar-refractivity contribution in [3.05, 3.63) is 181 Å². The number of anilines is 8. The van der Waals surface area contributed by atoms with Crippen LogP contribution in [0.2, 0.25) is 0 Å². The zero-order chi connectivity index (χ0) is 35.3. The molecule has 4 nitrogen and oxygen atoms in total. The molecule has 0 unspecified atom stereocenters. The average Bonchev–Trinajstić information content (AvgIpc) is 3.87. The maximum atomic E-state index is 3.70. The molecule has 6 heteroatoms. The Hall–Kier alpha value is -5.92. The monoisotopic (exact) mass is 710 g/mol. The summed E-state index contributed by atoms with van der Waals surface area (Å²) in [6, 6.07) is 59.5. The third-order valence-electron chi connectivity index (χ3n) is 8.93. The third kappa shape index (κ3) is 7.55. The summed E-state index contributed by atoms with van der Waals surface area (Å²) in [4.78, 5) is 4.89. The van der Waals surface area contributed by atoms with Gasteiger partial charge in [0.2, 0.25) is 0 Å². The lowest BCUT2D eigenvalue weighted by Crippen LogP contribution is -2.71. The van der Waals surface area contributed by atoms with Gasteiger partial charge >= 0.3 is 0 Å². The summed E-state index contributed by atoms with van der Waals surface area (Å²) in [7, 11) is 0. The lowest BCUT2D eigenvalue weighted by Gasteiger charge is -2.17. The molecule has 253 valence electrons. The van der Waals surface area contributed by atoms with Gasteiger partial charge < -0.3 is 16.0 Å². The number of para-hydroxylation sites is 4. The second kappa shape index (κ2) is 15.1. The van der Waals surface area contributed by atoms with E-state index in [2.05, 4.69) is 181 Å². The zero-order valence-corrected chi connectivity index (χ0v) is 30.6. The fraction of sp³-hybridized carbons (Fsp3) is 0.0435. The van der Waals surface area contributed by atoms with Crippen molar-refractivity contribution in [1.82, 2.24) is 0 Å². The Morgan fingerprint density at radius 2 is 0.788 bits per heavy atom. The van der Waals surface area contributed by atoms with Gasteiger partial charge in [0.05, 0.1) is 5.56 Å². The zero-order valence-electron chi connectivity index (χ0n) is 29.0. The molecule has 6 aromatic carbocycles. The molecule has 1 radical (unpaired) electrons. The second-order valence-electron chi connectivity index (χ2n) is 12.7. The number of benzene rings is 6. The Labute approximate surface area is 313 Å². The van der Waals surface area contributed by atoms with Gasteiger partial charge in [0.1, 0.15) is 0 Å². The molecule has 0 spiro atoms. The first-order valence-corrected chi connectivity index (χ1v) is 19.0. The molecular weight excluding hydrogens is 673 g/mol. The number of thiophene rings is 2. The standard InChI is InChI=1S/C46H38N4S2/c1-31-27-41(49-35-19-11-5-12-20-35)37(29-39(31)47-33-15-7-3-8-16-33)43-23-25-45(51-43)46-26-24-44(52-46)38-30-40(48-34-17-9-4-10-18-34)32(2)28-42(38)50-36-21-13-6-14-22-36/h3-30,47-50H,1-2H3/q+1. The molecule has 0 fully saturated rings. The Morgan fingerprint density at radius 3 is 1.31 bits per heavy atom. The lowest BCUT2D eigenvalue weighted by atomic mass is 10.0. The molecule has 2 heterocycles. The molecule has 0 aliphatic rings. The van der Waals surface area contributed by atoms with Gasteiger partial charge in [-0.3, -0.25) is 0 Å². The first kappa shape index (κ1) is 33.2. The van der Waals surface area contributed by atoms with E-state index in [0.717, 1.165) is 56.6 Å². The molecule has 0 aliphatic heterocycles. The lowest BCUT2D eigenvalue weighted by molar-refractivity contribution is -0.478. The Balaban J connectivity index is 1.15. The molecule has 0 aliphatic carbocycles. The van der Waals surface area contributed by atoms with E-state index in [4.69, 9.17) is 0 Å². The van der Waals surface area contributed by atoms with E-state index < -0.39 is 0 Å². The van der Waals surface area contributed by atoms with Crippen molar-refractivity contribution in [2.75, 3.05) is 16.0 Å². The van der Waals surface area contributed by atoms with Crippen molar-refractivity contribution in [3.8, 4) is 30.6 Å². The quantitative estimate of drug-likeness (QED) is 0.108. The minimum Gasteiger partial charge on any atom is -0.355 e. The highest BCUT2D eigenvalue weighted by atomic mass is 32.1. The van der Waals surface area contributed by atoms with Crippen LogP contribution in [0.25, 0.3) is 30.6 Å². The van der Waals surface area contributed by atoms with Gasteiger partial charge in [0.25, 0.3) is 0 Å². The van der Waals surface area contributed by atoms with Gasteiger partial charge in [-0.05, 0) is 104 Å². The van der Waals surface area contributed by atoms with Crippen molar-refractivity contribution in [2.24, 2.45) is 0 Å². The van der Waals surface area contributed by atoms with Crippen LogP contribution in [0.1, 0.15) is 11.1 Å². The molecule has 0 saturated carbocycles.